The lowest BCUT2D eigenvalue weighted by atomic mass is 10.1. The molecule has 1 saturated carbocycles. The predicted molar refractivity (Wildman–Crippen MR) is 95.1 cm³/mol. The summed E-state index contributed by atoms with van der Waals surface area (Å²) in [4.78, 5) is 36.0. The van der Waals surface area contributed by atoms with Crippen LogP contribution in [0.25, 0.3) is 0 Å². The highest BCUT2D eigenvalue weighted by molar-refractivity contribution is 5.98. The molecule has 0 bridgehead atoms. The van der Waals surface area contributed by atoms with E-state index in [4.69, 9.17) is 18.9 Å². The van der Waals surface area contributed by atoms with Crippen LogP contribution < -0.4 is 24.8 Å². The Morgan fingerprint density at radius 3 is 2.15 bits per heavy atom. The number of ether oxygens (including phenoxy) is 4. The third-order valence-electron chi connectivity index (χ3n) is 3.92. The van der Waals surface area contributed by atoms with Gasteiger partial charge in [-0.3, -0.25) is 9.59 Å². The van der Waals surface area contributed by atoms with Crippen molar-refractivity contribution in [2.75, 3.05) is 27.9 Å². The van der Waals surface area contributed by atoms with Gasteiger partial charge in [-0.05, 0) is 31.9 Å². The first kappa shape index (κ1) is 20.3. The average Bonchev–Trinajstić information content (AvgIpc) is 3.48. The number of rotatable bonds is 9. The number of benzene rings is 1. The van der Waals surface area contributed by atoms with Crippen LogP contribution in [0.5, 0.6) is 17.2 Å². The van der Waals surface area contributed by atoms with E-state index in [1.807, 2.05) is 0 Å². The molecule has 9 nitrogen and oxygen atoms in total. The molecule has 148 valence electrons. The van der Waals surface area contributed by atoms with E-state index in [9.17, 15) is 14.4 Å². The number of carbonyl (C=O) groups excluding carboxylic acids is 3. The summed E-state index contributed by atoms with van der Waals surface area (Å²) in [5.74, 6) is -0.606. The van der Waals surface area contributed by atoms with Gasteiger partial charge in [0.25, 0.3) is 11.8 Å². The van der Waals surface area contributed by atoms with Crippen LogP contribution in [-0.2, 0) is 14.3 Å². The number of carbonyl (C=O) groups is 3. The fraction of sp³-hybridized carbons (Fsp3) is 0.500. The molecular formula is C18H24N2O7. The minimum absolute atomic E-state index is 0.188. The van der Waals surface area contributed by atoms with Crippen LogP contribution in [0.15, 0.2) is 12.1 Å². The second-order valence-corrected chi connectivity index (χ2v) is 6.06. The lowest BCUT2D eigenvalue weighted by Gasteiger charge is -2.16. The van der Waals surface area contributed by atoms with Gasteiger partial charge >= 0.3 is 5.97 Å². The van der Waals surface area contributed by atoms with Crippen LogP contribution in [0, 0.1) is 0 Å². The molecule has 2 rings (SSSR count). The lowest BCUT2D eigenvalue weighted by molar-refractivity contribution is -0.150. The van der Waals surface area contributed by atoms with Crippen molar-refractivity contribution in [2.45, 2.75) is 31.8 Å². The summed E-state index contributed by atoms with van der Waals surface area (Å²) < 4.78 is 20.5. The molecule has 0 saturated heterocycles. The molecule has 0 spiro atoms. The molecule has 2 N–H and O–H groups in total. The smallest absolute Gasteiger partial charge is 0.328 e. The first-order valence-corrected chi connectivity index (χ1v) is 8.46. The highest BCUT2D eigenvalue weighted by Gasteiger charge is 2.25. The molecule has 1 fully saturated rings. The van der Waals surface area contributed by atoms with Gasteiger partial charge in [-0.25, -0.2) is 4.79 Å². The highest BCUT2D eigenvalue weighted by atomic mass is 16.5. The van der Waals surface area contributed by atoms with Gasteiger partial charge in [-0.15, -0.1) is 0 Å². The zero-order valence-corrected chi connectivity index (χ0v) is 15.8. The fourth-order valence-corrected chi connectivity index (χ4v) is 2.31. The molecular weight excluding hydrogens is 356 g/mol. The number of methoxy groups -OCH3 is 3. The van der Waals surface area contributed by atoms with Gasteiger partial charge in [0, 0.05) is 11.6 Å². The molecule has 27 heavy (non-hydrogen) atoms. The normalized spacial score (nSPS) is 13.9. The van der Waals surface area contributed by atoms with Crippen molar-refractivity contribution in [1.29, 1.82) is 0 Å². The third kappa shape index (κ3) is 5.50. The predicted octanol–water partition coefficient (Wildman–Crippen LogP) is 0.653. The topological polar surface area (TPSA) is 112 Å². The Balaban J connectivity index is 1.96. The zero-order valence-electron chi connectivity index (χ0n) is 15.8. The number of esters is 1. The summed E-state index contributed by atoms with van der Waals surface area (Å²) in [6.45, 7) is 1.09. The number of amides is 2. The maximum atomic E-state index is 12.4. The minimum atomic E-state index is -0.940. The van der Waals surface area contributed by atoms with E-state index in [1.54, 1.807) is 0 Å². The summed E-state index contributed by atoms with van der Waals surface area (Å²) in [7, 11) is 4.33. The molecule has 2 amide bonds. The van der Waals surface area contributed by atoms with Crippen molar-refractivity contribution >= 4 is 17.8 Å². The quantitative estimate of drug-likeness (QED) is 0.605. The fourth-order valence-electron chi connectivity index (χ4n) is 2.31. The van der Waals surface area contributed by atoms with Gasteiger partial charge < -0.3 is 29.6 Å². The molecule has 0 unspecified atom stereocenters. The Labute approximate surface area is 157 Å². The number of nitrogens with one attached hydrogen (secondary N) is 2. The second kappa shape index (κ2) is 9.11. The number of hydrogen-bond donors (Lipinski definition) is 2. The van der Waals surface area contributed by atoms with Gasteiger partial charge in [-0.2, -0.15) is 0 Å². The largest absolute Gasteiger partial charge is 0.493 e. The van der Waals surface area contributed by atoms with Crippen LogP contribution in [0.2, 0.25) is 0 Å². The van der Waals surface area contributed by atoms with Gasteiger partial charge in [0.1, 0.15) is 6.04 Å². The third-order valence-corrected chi connectivity index (χ3v) is 3.92. The second-order valence-electron chi connectivity index (χ2n) is 6.06. The monoisotopic (exact) mass is 380 g/mol. The maximum absolute atomic E-state index is 12.4. The van der Waals surface area contributed by atoms with Crippen molar-refractivity contribution < 1.29 is 33.3 Å². The first-order valence-electron chi connectivity index (χ1n) is 8.46. The van der Waals surface area contributed by atoms with Gasteiger partial charge in [0.15, 0.2) is 18.1 Å². The summed E-state index contributed by atoms with van der Waals surface area (Å²) >= 11 is 0. The zero-order chi connectivity index (χ0) is 20.0. The van der Waals surface area contributed by atoms with Crippen molar-refractivity contribution in [3.8, 4) is 17.2 Å². The van der Waals surface area contributed by atoms with Crippen molar-refractivity contribution in [1.82, 2.24) is 10.6 Å². The Hall–Kier alpha value is -2.97. The minimum Gasteiger partial charge on any atom is -0.493 e. The summed E-state index contributed by atoms with van der Waals surface area (Å²) in [6.07, 6.45) is 1.89. The van der Waals surface area contributed by atoms with Crippen molar-refractivity contribution in [2.24, 2.45) is 0 Å². The summed E-state index contributed by atoms with van der Waals surface area (Å²) in [5, 5.41) is 5.22. The lowest BCUT2D eigenvalue weighted by Crippen LogP contribution is -2.41. The average molecular weight is 380 g/mol. The van der Waals surface area contributed by atoms with Crippen LogP contribution >= 0.6 is 0 Å². The standard InChI is InChI=1S/C18H24N2O7/c1-10(18(23)27-9-15(21)20-12-5-6-12)19-17(22)11-7-13(24-2)16(26-4)14(8-11)25-3/h7-8,10,12H,5-6,9H2,1-4H3,(H,19,22)(H,20,21)/t10-/m0/s1. The SMILES string of the molecule is COc1cc(C(=O)N[C@@H](C)C(=O)OCC(=O)NC2CC2)cc(OC)c1OC. The van der Waals surface area contributed by atoms with Crippen molar-refractivity contribution in [3.05, 3.63) is 17.7 Å². The van der Waals surface area contributed by atoms with Gasteiger partial charge in [0.05, 0.1) is 21.3 Å². The van der Waals surface area contributed by atoms with E-state index in [-0.39, 0.29) is 24.1 Å². The van der Waals surface area contributed by atoms with Crippen LogP contribution in [0.1, 0.15) is 30.1 Å². The molecule has 0 radical (unpaired) electrons. The molecule has 9 heteroatoms. The molecule has 1 aliphatic carbocycles. The Kier molecular flexibility index (Phi) is 6.86. The van der Waals surface area contributed by atoms with Crippen LogP contribution in [-0.4, -0.2) is 57.8 Å². The van der Waals surface area contributed by atoms with Crippen LogP contribution in [0.4, 0.5) is 0 Å². The van der Waals surface area contributed by atoms with E-state index in [1.165, 1.54) is 40.4 Å². The molecule has 0 aliphatic heterocycles. The molecule has 1 aromatic carbocycles. The molecule has 1 atom stereocenters. The van der Waals surface area contributed by atoms with E-state index in [0.29, 0.717) is 17.2 Å². The Bertz CT molecular complexity index is 691. The summed E-state index contributed by atoms with van der Waals surface area (Å²) in [5.41, 5.74) is 0.218. The molecule has 0 heterocycles. The van der Waals surface area contributed by atoms with E-state index >= 15 is 0 Å². The number of hydrogen-bond acceptors (Lipinski definition) is 7. The van der Waals surface area contributed by atoms with E-state index in [0.717, 1.165) is 12.8 Å². The Morgan fingerprint density at radius 2 is 1.67 bits per heavy atom. The van der Waals surface area contributed by atoms with Gasteiger partial charge in [-0.1, -0.05) is 0 Å². The van der Waals surface area contributed by atoms with E-state index < -0.39 is 17.9 Å². The van der Waals surface area contributed by atoms with Crippen LogP contribution in [0.3, 0.4) is 0 Å². The van der Waals surface area contributed by atoms with Gasteiger partial charge in [0.2, 0.25) is 5.75 Å². The van der Waals surface area contributed by atoms with Crippen molar-refractivity contribution in [3.63, 3.8) is 0 Å². The molecule has 1 aliphatic rings. The molecule has 1 aromatic rings. The maximum Gasteiger partial charge on any atom is 0.328 e. The molecule has 0 aromatic heterocycles. The van der Waals surface area contributed by atoms with E-state index in [2.05, 4.69) is 10.6 Å². The first-order chi connectivity index (χ1) is 12.9. The highest BCUT2D eigenvalue weighted by Crippen LogP contribution is 2.38. The summed E-state index contributed by atoms with van der Waals surface area (Å²) in [6, 6.07) is 2.19. The Morgan fingerprint density at radius 1 is 1.07 bits per heavy atom.